The molecule has 0 unspecified atom stereocenters. The number of nitrogens with one attached hydrogen (secondary N) is 1. The zero-order chi connectivity index (χ0) is 19.5. The fourth-order valence-electron chi connectivity index (χ4n) is 2.17. The predicted molar refractivity (Wildman–Crippen MR) is 99.8 cm³/mol. The van der Waals surface area contributed by atoms with Gasteiger partial charge in [0.25, 0.3) is 0 Å². The summed E-state index contributed by atoms with van der Waals surface area (Å²) in [6.07, 6.45) is 0. The van der Waals surface area contributed by atoms with Crippen molar-refractivity contribution in [3.8, 4) is 5.75 Å². The molecular formula is C16H14Cl3NO5S. The number of rotatable bonds is 6. The summed E-state index contributed by atoms with van der Waals surface area (Å²) in [5.74, 6) is -0.289. The Hall–Kier alpha value is -1.51. The number of sulfonamides is 1. The van der Waals surface area contributed by atoms with Crippen molar-refractivity contribution in [1.82, 2.24) is 4.72 Å². The number of hydrogen-bond acceptors (Lipinski definition) is 5. The molecule has 0 saturated heterocycles. The van der Waals surface area contributed by atoms with Crippen molar-refractivity contribution < 1.29 is 22.7 Å². The number of methoxy groups -OCH3 is 2. The first-order valence-corrected chi connectivity index (χ1v) is 9.70. The van der Waals surface area contributed by atoms with Gasteiger partial charge in [0.1, 0.15) is 16.2 Å². The highest BCUT2D eigenvalue weighted by atomic mass is 35.5. The zero-order valence-electron chi connectivity index (χ0n) is 13.7. The Morgan fingerprint density at radius 3 is 2.23 bits per heavy atom. The van der Waals surface area contributed by atoms with E-state index in [-0.39, 0.29) is 32.1 Å². The van der Waals surface area contributed by atoms with E-state index in [1.807, 2.05) is 0 Å². The molecule has 2 rings (SSSR count). The summed E-state index contributed by atoms with van der Waals surface area (Å²) < 4.78 is 37.2. The van der Waals surface area contributed by atoms with Crippen LogP contribution in [0.1, 0.15) is 15.9 Å². The van der Waals surface area contributed by atoms with Gasteiger partial charge in [-0.25, -0.2) is 17.9 Å². The number of carbonyl (C=O) groups excluding carboxylic acids is 1. The van der Waals surface area contributed by atoms with E-state index in [1.165, 1.54) is 38.5 Å². The number of benzene rings is 2. The SMILES string of the molecule is COC(=O)c1cc(CNS(=O)(=O)c2c(Cl)cc(Cl)cc2Cl)ccc1OC. The van der Waals surface area contributed by atoms with E-state index in [0.29, 0.717) is 11.3 Å². The summed E-state index contributed by atoms with van der Waals surface area (Å²) in [6, 6.07) is 7.19. The molecule has 2 aromatic rings. The van der Waals surface area contributed by atoms with E-state index < -0.39 is 16.0 Å². The van der Waals surface area contributed by atoms with Crippen LogP contribution in [0, 0.1) is 0 Å². The molecule has 0 aliphatic carbocycles. The topological polar surface area (TPSA) is 81.7 Å². The van der Waals surface area contributed by atoms with Crippen molar-refractivity contribution in [2.45, 2.75) is 11.4 Å². The molecular weight excluding hydrogens is 425 g/mol. The van der Waals surface area contributed by atoms with E-state index in [1.54, 1.807) is 6.07 Å². The number of esters is 1. The Bertz CT molecular complexity index is 924. The lowest BCUT2D eigenvalue weighted by Crippen LogP contribution is -2.24. The van der Waals surface area contributed by atoms with Gasteiger partial charge in [-0.05, 0) is 29.8 Å². The Morgan fingerprint density at radius 2 is 1.69 bits per heavy atom. The zero-order valence-corrected chi connectivity index (χ0v) is 16.8. The van der Waals surface area contributed by atoms with Crippen LogP contribution < -0.4 is 9.46 Å². The molecule has 140 valence electrons. The second kappa shape index (κ2) is 8.45. The standard InChI is InChI=1S/C16H14Cl3NO5S/c1-24-14-4-3-9(5-11(14)16(21)25-2)8-20-26(22,23)15-12(18)6-10(17)7-13(15)19/h3-7,20H,8H2,1-2H3. The van der Waals surface area contributed by atoms with Crippen molar-refractivity contribution in [2.75, 3.05) is 14.2 Å². The van der Waals surface area contributed by atoms with Gasteiger partial charge in [-0.1, -0.05) is 40.9 Å². The molecule has 26 heavy (non-hydrogen) atoms. The van der Waals surface area contributed by atoms with Crippen LogP contribution in [0.4, 0.5) is 0 Å². The van der Waals surface area contributed by atoms with Crippen LogP contribution in [0.2, 0.25) is 15.1 Å². The molecule has 0 amide bonds. The van der Waals surface area contributed by atoms with E-state index in [4.69, 9.17) is 39.5 Å². The lowest BCUT2D eigenvalue weighted by Gasteiger charge is -2.12. The normalized spacial score (nSPS) is 11.3. The molecule has 0 atom stereocenters. The fourth-order valence-corrected chi connectivity index (χ4v) is 4.73. The summed E-state index contributed by atoms with van der Waals surface area (Å²) in [6.45, 7) is -0.106. The second-order valence-electron chi connectivity index (χ2n) is 5.05. The van der Waals surface area contributed by atoms with Crippen molar-refractivity contribution in [1.29, 1.82) is 0 Å². The number of halogens is 3. The van der Waals surface area contributed by atoms with E-state index in [9.17, 15) is 13.2 Å². The quantitative estimate of drug-likeness (QED) is 0.691. The van der Waals surface area contributed by atoms with Crippen LogP contribution in [0.25, 0.3) is 0 Å². The number of carbonyl (C=O) groups is 1. The fraction of sp³-hybridized carbons (Fsp3) is 0.188. The van der Waals surface area contributed by atoms with Crippen molar-refractivity contribution >= 4 is 50.8 Å². The van der Waals surface area contributed by atoms with Gasteiger partial charge in [-0.2, -0.15) is 0 Å². The maximum Gasteiger partial charge on any atom is 0.341 e. The average molecular weight is 439 g/mol. The molecule has 0 radical (unpaired) electrons. The third-order valence-corrected chi connectivity index (χ3v) is 5.91. The Balaban J connectivity index is 2.29. The first-order chi connectivity index (χ1) is 12.2. The van der Waals surface area contributed by atoms with Crippen molar-refractivity contribution in [2.24, 2.45) is 0 Å². The van der Waals surface area contributed by atoms with E-state index in [0.717, 1.165) is 0 Å². The number of hydrogen-bond donors (Lipinski definition) is 1. The molecule has 0 saturated carbocycles. The van der Waals surface area contributed by atoms with Gasteiger partial charge in [-0.3, -0.25) is 0 Å². The van der Waals surface area contributed by atoms with Crippen LogP contribution in [-0.4, -0.2) is 28.6 Å². The summed E-state index contributed by atoms with van der Waals surface area (Å²) in [7, 11) is -1.36. The third-order valence-electron chi connectivity index (χ3n) is 3.37. The Kier molecular flexibility index (Phi) is 6.76. The summed E-state index contributed by atoms with van der Waals surface area (Å²) in [5, 5.41) is 0.0248. The summed E-state index contributed by atoms with van der Waals surface area (Å²) in [4.78, 5) is 11.5. The molecule has 2 aromatic carbocycles. The molecule has 6 nitrogen and oxygen atoms in total. The van der Waals surface area contributed by atoms with Crippen LogP contribution in [0.5, 0.6) is 5.75 Å². The first-order valence-electron chi connectivity index (χ1n) is 7.09. The lowest BCUT2D eigenvalue weighted by atomic mass is 10.1. The molecule has 0 heterocycles. The van der Waals surface area contributed by atoms with Crippen LogP contribution in [-0.2, 0) is 21.3 Å². The van der Waals surface area contributed by atoms with Crippen LogP contribution >= 0.6 is 34.8 Å². The average Bonchev–Trinajstić information content (AvgIpc) is 2.57. The van der Waals surface area contributed by atoms with Gasteiger partial charge in [0.15, 0.2) is 0 Å². The first kappa shape index (κ1) is 20.8. The minimum absolute atomic E-state index is 0.0972. The summed E-state index contributed by atoms with van der Waals surface area (Å²) in [5.41, 5.74) is 0.685. The minimum atomic E-state index is -4.01. The highest BCUT2D eigenvalue weighted by molar-refractivity contribution is 7.89. The van der Waals surface area contributed by atoms with Crippen molar-refractivity contribution in [3.63, 3.8) is 0 Å². The summed E-state index contributed by atoms with van der Waals surface area (Å²) >= 11 is 17.7. The van der Waals surface area contributed by atoms with Gasteiger partial charge in [0, 0.05) is 11.6 Å². The van der Waals surface area contributed by atoms with Gasteiger partial charge >= 0.3 is 5.97 Å². The van der Waals surface area contributed by atoms with Gasteiger partial charge in [0.05, 0.1) is 24.3 Å². The maximum atomic E-state index is 12.5. The molecule has 0 bridgehead atoms. The molecule has 0 fully saturated rings. The highest BCUT2D eigenvalue weighted by Gasteiger charge is 2.23. The van der Waals surface area contributed by atoms with Crippen LogP contribution in [0.3, 0.4) is 0 Å². The molecule has 0 aliphatic rings. The van der Waals surface area contributed by atoms with Gasteiger partial charge in [-0.15, -0.1) is 0 Å². The molecule has 10 heteroatoms. The smallest absolute Gasteiger partial charge is 0.341 e. The van der Waals surface area contributed by atoms with Crippen molar-refractivity contribution in [3.05, 3.63) is 56.5 Å². The second-order valence-corrected chi connectivity index (χ2v) is 8.00. The lowest BCUT2D eigenvalue weighted by molar-refractivity contribution is 0.0597. The highest BCUT2D eigenvalue weighted by Crippen LogP contribution is 2.32. The third kappa shape index (κ3) is 4.61. The predicted octanol–water partition coefficient (Wildman–Crippen LogP) is 3.92. The monoisotopic (exact) mass is 437 g/mol. The Morgan fingerprint density at radius 1 is 1.08 bits per heavy atom. The molecule has 1 N–H and O–H groups in total. The number of ether oxygens (including phenoxy) is 2. The Labute approximate surface area is 166 Å². The van der Waals surface area contributed by atoms with Gasteiger partial charge in [0.2, 0.25) is 10.0 Å². The molecule has 0 spiro atoms. The van der Waals surface area contributed by atoms with E-state index in [2.05, 4.69) is 9.46 Å². The van der Waals surface area contributed by atoms with Crippen LogP contribution in [0.15, 0.2) is 35.2 Å². The molecule has 0 aliphatic heterocycles. The van der Waals surface area contributed by atoms with Gasteiger partial charge < -0.3 is 9.47 Å². The largest absolute Gasteiger partial charge is 0.496 e. The van der Waals surface area contributed by atoms with E-state index >= 15 is 0 Å². The minimum Gasteiger partial charge on any atom is -0.496 e. The molecule has 0 aromatic heterocycles. The maximum absolute atomic E-state index is 12.5.